The summed E-state index contributed by atoms with van der Waals surface area (Å²) in [5.74, 6) is 0.306. The first kappa shape index (κ1) is 13.2. The average molecular weight is 316 g/mol. The highest BCUT2D eigenvalue weighted by atomic mass is 79.9. The van der Waals surface area contributed by atoms with Gasteiger partial charge in [-0.15, -0.1) is 0 Å². The van der Waals surface area contributed by atoms with Gasteiger partial charge in [0, 0.05) is 10.7 Å². The zero-order valence-electron chi connectivity index (χ0n) is 9.93. The second-order valence-electron chi connectivity index (χ2n) is 3.90. The van der Waals surface area contributed by atoms with Crippen molar-refractivity contribution in [3.05, 3.63) is 58.2 Å². The van der Waals surface area contributed by atoms with Crippen LogP contribution in [-0.4, -0.2) is 10.9 Å². The summed E-state index contributed by atoms with van der Waals surface area (Å²) in [7, 11) is 0. The van der Waals surface area contributed by atoms with Crippen molar-refractivity contribution < 1.29 is 4.79 Å². The van der Waals surface area contributed by atoms with Crippen molar-refractivity contribution in [1.82, 2.24) is 4.98 Å². The summed E-state index contributed by atoms with van der Waals surface area (Å²) in [6, 6.07) is 12.7. The third kappa shape index (κ3) is 3.90. The number of pyridine rings is 1. The van der Waals surface area contributed by atoms with Gasteiger partial charge in [0.15, 0.2) is 0 Å². The van der Waals surface area contributed by atoms with E-state index in [-0.39, 0.29) is 12.3 Å². The maximum atomic E-state index is 11.8. The third-order valence-corrected chi connectivity index (χ3v) is 2.97. The van der Waals surface area contributed by atoms with Crippen LogP contribution in [0.15, 0.2) is 47.1 Å². The maximum absolute atomic E-state index is 11.8. The van der Waals surface area contributed by atoms with Crippen LogP contribution in [0.2, 0.25) is 0 Å². The summed E-state index contributed by atoms with van der Waals surface area (Å²) in [4.78, 5) is 15.8. The number of hydrogen-bond donors (Lipinski definition) is 1. The molecular formula is C14H10BrN3O. The lowest BCUT2D eigenvalue weighted by molar-refractivity contribution is -0.115. The molecule has 0 aliphatic rings. The summed E-state index contributed by atoms with van der Waals surface area (Å²) in [5, 5.41) is 11.3. The highest BCUT2D eigenvalue weighted by Crippen LogP contribution is 2.11. The molecule has 0 spiro atoms. The number of anilines is 1. The van der Waals surface area contributed by atoms with E-state index in [0.29, 0.717) is 11.4 Å². The van der Waals surface area contributed by atoms with Gasteiger partial charge in [0.05, 0.1) is 12.0 Å². The number of amides is 1. The molecule has 2 aromatic rings. The first-order valence-corrected chi connectivity index (χ1v) is 6.37. The quantitative estimate of drug-likeness (QED) is 0.947. The molecule has 0 saturated carbocycles. The van der Waals surface area contributed by atoms with Gasteiger partial charge in [0.25, 0.3) is 0 Å². The Balaban J connectivity index is 1.97. The molecule has 0 bridgehead atoms. The zero-order chi connectivity index (χ0) is 13.7. The van der Waals surface area contributed by atoms with Crippen molar-refractivity contribution in [2.45, 2.75) is 6.42 Å². The van der Waals surface area contributed by atoms with Crippen molar-refractivity contribution in [2.75, 3.05) is 5.32 Å². The molecule has 0 aliphatic carbocycles. The van der Waals surface area contributed by atoms with Gasteiger partial charge in [-0.1, -0.05) is 28.1 Å². The minimum Gasteiger partial charge on any atom is -0.310 e. The van der Waals surface area contributed by atoms with Gasteiger partial charge in [0.2, 0.25) is 5.91 Å². The molecule has 0 unspecified atom stereocenters. The van der Waals surface area contributed by atoms with Crippen LogP contribution in [0, 0.1) is 11.3 Å². The first-order chi connectivity index (χ1) is 9.17. The molecule has 4 nitrogen and oxygen atoms in total. The number of nitrogens with one attached hydrogen (secondary N) is 1. The Morgan fingerprint density at radius 2 is 2.00 bits per heavy atom. The number of hydrogen-bond acceptors (Lipinski definition) is 3. The van der Waals surface area contributed by atoms with Gasteiger partial charge in [0.1, 0.15) is 11.9 Å². The Morgan fingerprint density at radius 3 is 2.58 bits per heavy atom. The van der Waals surface area contributed by atoms with E-state index < -0.39 is 0 Å². The van der Waals surface area contributed by atoms with E-state index in [4.69, 9.17) is 5.26 Å². The summed E-state index contributed by atoms with van der Waals surface area (Å²) in [6.45, 7) is 0. The van der Waals surface area contributed by atoms with Crippen LogP contribution in [0.5, 0.6) is 0 Å². The summed E-state index contributed by atoms with van der Waals surface area (Å²) >= 11 is 3.34. The molecule has 1 aromatic carbocycles. The van der Waals surface area contributed by atoms with E-state index in [2.05, 4.69) is 26.2 Å². The first-order valence-electron chi connectivity index (χ1n) is 5.58. The van der Waals surface area contributed by atoms with Crippen LogP contribution in [0.1, 0.15) is 11.1 Å². The highest BCUT2D eigenvalue weighted by molar-refractivity contribution is 9.10. The van der Waals surface area contributed by atoms with E-state index in [1.165, 1.54) is 6.20 Å². The van der Waals surface area contributed by atoms with E-state index in [1.54, 1.807) is 12.1 Å². The van der Waals surface area contributed by atoms with Crippen LogP contribution < -0.4 is 5.32 Å². The lowest BCUT2D eigenvalue weighted by Gasteiger charge is -2.04. The molecule has 1 amide bonds. The Bertz CT molecular complexity index is 615. The Hall–Kier alpha value is -2.19. The van der Waals surface area contributed by atoms with Crippen LogP contribution in [0.4, 0.5) is 5.82 Å². The molecule has 19 heavy (non-hydrogen) atoms. The topological polar surface area (TPSA) is 65.8 Å². The van der Waals surface area contributed by atoms with Gasteiger partial charge >= 0.3 is 0 Å². The van der Waals surface area contributed by atoms with Crippen molar-refractivity contribution in [3.63, 3.8) is 0 Å². The molecule has 2 rings (SSSR count). The van der Waals surface area contributed by atoms with E-state index >= 15 is 0 Å². The van der Waals surface area contributed by atoms with Crippen LogP contribution in [-0.2, 0) is 11.2 Å². The Morgan fingerprint density at radius 1 is 1.26 bits per heavy atom. The summed E-state index contributed by atoms with van der Waals surface area (Å²) in [6.07, 6.45) is 1.71. The van der Waals surface area contributed by atoms with E-state index in [1.807, 2.05) is 30.3 Å². The minimum absolute atomic E-state index is 0.139. The lowest BCUT2D eigenvalue weighted by atomic mass is 10.1. The SMILES string of the molecule is N#Cc1ccc(NC(=O)Cc2ccc(Br)cc2)nc1. The molecular weight excluding hydrogens is 306 g/mol. The van der Waals surface area contributed by atoms with Gasteiger partial charge in [-0.25, -0.2) is 4.98 Å². The van der Waals surface area contributed by atoms with Gasteiger partial charge < -0.3 is 5.32 Å². The van der Waals surface area contributed by atoms with E-state index in [0.717, 1.165) is 10.0 Å². The standard InChI is InChI=1S/C14H10BrN3O/c15-12-4-1-10(2-5-12)7-14(19)18-13-6-3-11(8-16)9-17-13/h1-6,9H,7H2,(H,17,18,19). The normalized spacial score (nSPS) is 9.68. The number of halogens is 1. The predicted octanol–water partition coefficient (Wildman–Crippen LogP) is 2.90. The molecule has 1 N–H and O–H groups in total. The number of carbonyl (C=O) groups is 1. The highest BCUT2D eigenvalue weighted by Gasteiger charge is 2.05. The summed E-state index contributed by atoms with van der Waals surface area (Å²) in [5.41, 5.74) is 1.39. The fourth-order valence-corrected chi connectivity index (χ4v) is 1.77. The number of nitrogens with zero attached hydrogens (tertiary/aromatic N) is 2. The monoisotopic (exact) mass is 315 g/mol. The molecule has 0 atom stereocenters. The summed E-state index contributed by atoms with van der Waals surface area (Å²) < 4.78 is 0.977. The molecule has 1 aromatic heterocycles. The Labute approximate surface area is 119 Å². The number of nitriles is 1. The molecule has 94 valence electrons. The lowest BCUT2D eigenvalue weighted by Crippen LogP contribution is -2.15. The largest absolute Gasteiger partial charge is 0.310 e. The minimum atomic E-state index is -0.139. The number of rotatable bonds is 3. The predicted molar refractivity (Wildman–Crippen MR) is 75.4 cm³/mol. The van der Waals surface area contributed by atoms with Crippen LogP contribution in [0.3, 0.4) is 0 Å². The second-order valence-corrected chi connectivity index (χ2v) is 4.81. The molecule has 0 saturated heterocycles. The van der Waals surface area contributed by atoms with Gasteiger partial charge in [-0.2, -0.15) is 5.26 Å². The number of benzene rings is 1. The molecule has 0 aliphatic heterocycles. The maximum Gasteiger partial charge on any atom is 0.229 e. The number of aromatic nitrogens is 1. The second kappa shape index (κ2) is 6.12. The zero-order valence-corrected chi connectivity index (χ0v) is 11.5. The van der Waals surface area contributed by atoms with Crippen molar-refractivity contribution >= 4 is 27.7 Å². The molecule has 0 radical (unpaired) electrons. The number of carbonyl (C=O) groups excluding carboxylic acids is 1. The van der Waals surface area contributed by atoms with E-state index in [9.17, 15) is 4.79 Å². The van der Waals surface area contributed by atoms with Gasteiger partial charge in [-0.05, 0) is 29.8 Å². The fourth-order valence-electron chi connectivity index (χ4n) is 1.51. The van der Waals surface area contributed by atoms with Crippen LogP contribution in [0.25, 0.3) is 0 Å². The molecule has 1 heterocycles. The third-order valence-electron chi connectivity index (χ3n) is 2.44. The average Bonchev–Trinajstić information content (AvgIpc) is 2.42. The van der Waals surface area contributed by atoms with Crippen LogP contribution >= 0.6 is 15.9 Å². The smallest absolute Gasteiger partial charge is 0.229 e. The van der Waals surface area contributed by atoms with Gasteiger partial charge in [-0.3, -0.25) is 4.79 Å². The van der Waals surface area contributed by atoms with Crippen molar-refractivity contribution in [2.24, 2.45) is 0 Å². The fraction of sp³-hybridized carbons (Fsp3) is 0.0714. The molecule has 5 heteroatoms. The van der Waals surface area contributed by atoms with Crippen molar-refractivity contribution in [3.8, 4) is 6.07 Å². The van der Waals surface area contributed by atoms with Crippen molar-refractivity contribution in [1.29, 1.82) is 5.26 Å². The molecule has 0 fully saturated rings. The Kier molecular flexibility index (Phi) is 4.26.